The molecule has 3 aromatic carbocycles. The van der Waals surface area contributed by atoms with Gasteiger partial charge in [0.05, 0.1) is 21.7 Å². The predicted octanol–water partition coefficient (Wildman–Crippen LogP) is 6.10. The fourth-order valence-electron chi connectivity index (χ4n) is 8.38. The van der Waals surface area contributed by atoms with Gasteiger partial charge in [-0.2, -0.15) is 4.98 Å². The summed E-state index contributed by atoms with van der Waals surface area (Å²) in [5.74, 6) is -1.02. The Kier molecular flexibility index (Phi) is 12.0. The van der Waals surface area contributed by atoms with Gasteiger partial charge in [0.25, 0.3) is 11.8 Å². The molecule has 8 rings (SSSR count). The number of anilines is 3. The lowest BCUT2D eigenvalue weighted by Crippen LogP contribution is -2.54. The number of carbonyl (C=O) groups is 5. The number of aromatic nitrogens is 3. The highest BCUT2D eigenvalue weighted by Crippen LogP contribution is 2.32. The van der Waals surface area contributed by atoms with Crippen LogP contribution in [0.2, 0.25) is 0 Å². The van der Waals surface area contributed by atoms with Crippen LogP contribution in [0.1, 0.15) is 96.4 Å². The number of nitrogens with zero attached hydrogens (tertiary/aromatic N) is 5. The predicted molar refractivity (Wildman–Crippen MR) is 229 cm³/mol. The number of sulfone groups is 1. The van der Waals surface area contributed by atoms with Crippen LogP contribution in [-0.4, -0.2) is 94.3 Å². The molecule has 15 nitrogen and oxygen atoms in total. The quantitative estimate of drug-likeness (QED) is 0.0815. The second-order valence-electron chi connectivity index (χ2n) is 16.0. The number of carbonyl (C=O) groups excluding carboxylic acids is 5. The largest absolute Gasteiger partial charge is 0.385 e. The van der Waals surface area contributed by atoms with Crippen molar-refractivity contribution >= 4 is 62.3 Å². The first kappa shape index (κ1) is 41.3. The van der Waals surface area contributed by atoms with Gasteiger partial charge in [0.1, 0.15) is 6.04 Å². The Bertz CT molecular complexity index is 2600. The maximum Gasteiger partial charge on any atom is 0.262 e. The number of likely N-dealkylation sites (tertiary alicyclic amines) is 1. The number of imide groups is 2. The minimum Gasteiger partial charge on any atom is -0.385 e. The van der Waals surface area contributed by atoms with E-state index >= 15 is 0 Å². The number of unbranched alkanes of at least 4 members (excludes halogenated alkanes) is 4. The molecule has 2 aromatic heterocycles. The molecule has 5 aromatic rings. The number of pyridine rings is 1. The van der Waals surface area contributed by atoms with Crippen LogP contribution in [0.15, 0.2) is 89.8 Å². The van der Waals surface area contributed by atoms with Crippen LogP contribution in [0.4, 0.5) is 17.3 Å². The zero-order valence-electron chi connectivity index (χ0n) is 33.9. The van der Waals surface area contributed by atoms with Crippen LogP contribution in [0.3, 0.4) is 0 Å². The number of nitrogens with one attached hydrogen (secondary N) is 3. The van der Waals surface area contributed by atoms with Crippen LogP contribution < -0.4 is 16.0 Å². The van der Waals surface area contributed by atoms with E-state index in [9.17, 15) is 32.4 Å². The molecule has 5 heterocycles. The van der Waals surface area contributed by atoms with Gasteiger partial charge >= 0.3 is 0 Å². The summed E-state index contributed by atoms with van der Waals surface area (Å²) in [6.45, 7) is 2.19. The molecule has 16 heteroatoms. The molecule has 3 aliphatic rings. The summed E-state index contributed by atoms with van der Waals surface area (Å²) in [6, 6.07) is 24.7. The summed E-state index contributed by atoms with van der Waals surface area (Å²) in [7, 11) is -3.29. The zero-order valence-corrected chi connectivity index (χ0v) is 34.7. The first-order chi connectivity index (χ1) is 29.4. The number of benzene rings is 3. The Morgan fingerprint density at radius 3 is 2.25 bits per heavy atom. The second kappa shape index (κ2) is 17.7. The molecule has 316 valence electrons. The van der Waals surface area contributed by atoms with Crippen molar-refractivity contribution in [2.75, 3.05) is 36.5 Å². The van der Waals surface area contributed by atoms with E-state index in [1.807, 2.05) is 35.2 Å². The van der Waals surface area contributed by atoms with E-state index in [2.05, 4.69) is 38.2 Å². The Hall–Kier alpha value is -6.42. The topological polar surface area (TPSA) is 192 Å². The molecule has 0 bridgehead atoms. The lowest BCUT2D eigenvalue weighted by molar-refractivity contribution is -0.136. The molecule has 0 aliphatic carbocycles. The molecule has 5 amide bonds. The van der Waals surface area contributed by atoms with Crippen molar-refractivity contribution in [3.63, 3.8) is 0 Å². The Labute approximate surface area is 353 Å². The molecule has 2 saturated heterocycles. The molecule has 0 radical (unpaired) electrons. The molecule has 3 N–H and O–H groups in total. The van der Waals surface area contributed by atoms with Gasteiger partial charge in [0.15, 0.2) is 15.5 Å². The van der Waals surface area contributed by atoms with Crippen molar-refractivity contribution < 1.29 is 32.4 Å². The summed E-state index contributed by atoms with van der Waals surface area (Å²) in [4.78, 5) is 70.8. The van der Waals surface area contributed by atoms with Gasteiger partial charge < -0.3 is 15.5 Å². The third-order valence-corrected chi connectivity index (χ3v) is 12.9. The smallest absolute Gasteiger partial charge is 0.262 e. The average molecular weight is 845 g/mol. The lowest BCUT2D eigenvalue weighted by atomic mass is 9.89. The molecule has 0 saturated carbocycles. The number of hydrogen-bond donors (Lipinski definition) is 3. The first-order valence-corrected chi connectivity index (χ1v) is 22.7. The molecule has 0 spiro atoms. The summed E-state index contributed by atoms with van der Waals surface area (Å²) in [5, 5.41) is 13.5. The second-order valence-corrected chi connectivity index (χ2v) is 18.0. The van der Waals surface area contributed by atoms with Crippen molar-refractivity contribution in [2.45, 2.75) is 81.1 Å². The van der Waals surface area contributed by atoms with E-state index in [-0.39, 0.29) is 34.8 Å². The fraction of sp³-hybridized carbons (Fsp3) is 0.356. The van der Waals surface area contributed by atoms with E-state index in [0.29, 0.717) is 30.5 Å². The van der Waals surface area contributed by atoms with E-state index in [1.165, 1.54) is 11.8 Å². The Morgan fingerprint density at radius 1 is 0.803 bits per heavy atom. The number of hydrogen-bond acceptors (Lipinski definition) is 11. The number of fused-ring (bicyclic) bond motifs is 2. The number of amides is 5. The van der Waals surface area contributed by atoms with E-state index in [4.69, 9.17) is 0 Å². The minimum absolute atomic E-state index is 0.0800. The van der Waals surface area contributed by atoms with Crippen molar-refractivity contribution in [2.24, 2.45) is 0 Å². The highest BCUT2D eigenvalue weighted by Gasteiger charge is 2.44. The Balaban J connectivity index is 0.723. The summed E-state index contributed by atoms with van der Waals surface area (Å²) in [5.41, 5.74) is 5.62. The first-order valence-electron chi connectivity index (χ1n) is 20.8. The fourth-order valence-corrected chi connectivity index (χ4v) is 9.01. The van der Waals surface area contributed by atoms with E-state index in [0.717, 1.165) is 85.6 Å². The zero-order chi connectivity index (χ0) is 42.7. The van der Waals surface area contributed by atoms with Crippen LogP contribution in [0.25, 0.3) is 16.9 Å². The van der Waals surface area contributed by atoms with Crippen molar-refractivity contribution in [3.8, 4) is 11.3 Å². The van der Waals surface area contributed by atoms with Gasteiger partial charge in [-0.25, -0.2) is 12.9 Å². The van der Waals surface area contributed by atoms with Crippen LogP contribution in [0, 0.1) is 0 Å². The van der Waals surface area contributed by atoms with Gasteiger partial charge in [0, 0.05) is 55.7 Å². The van der Waals surface area contributed by atoms with Crippen LogP contribution in [-0.2, 0) is 24.2 Å². The van der Waals surface area contributed by atoms with Gasteiger partial charge in [-0.05, 0) is 98.2 Å². The van der Waals surface area contributed by atoms with Gasteiger partial charge in [-0.3, -0.25) is 34.2 Å². The third-order valence-electron chi connectivity index (χ3n) is 11.8. The van der Waals surface area contributed by atoms with Crippen LogP contribution in [0.5, 0.6) is 0 Å². The summed E-state index contributed by atoms with van der Waals surface area (Å²) >= 11 is 0. The van der Waals surface area contributed by atoms with Gasteiger partial charge in [-0.1, -0.05) is 49.6 Å². The SMILES string of the molecule is CS(=O)(=O)c1ccc(-c2cccc3nc(Nc4ccc(C5CCN(C(=O)CCCCCCCNc6ccc7c(c6)C(=O)N(C6CCC(=O)NC6=O)C7=O)CC5)cc4)nn23)cc1. The van der Waals surface area contributed by atoms with Crippen LogP contribution >= 0.6 is 0 Å². The molecular weight excluding hydrogens is 797 g/mol. The van der Waals surface area contributed by atoms with Crippen molar-refractivity contribution in [1.82, 2.24) is 29.7 Å². The standard InChI is InChI=1S/C45H48N8O7S/c1-61(59,60)34-18-13-31(14-19-34)37-8-7-9-39-48-45(50-53(37)39)47-32-15-11-29(12-16-32)30-23-26-51(27-24-30)41(55)10-5-3-2-4-6-25-46-33-17-20-35-36(28-33)44(58)52(43(35)57)38-21-22-40(54)49-42(38)56/h7-9,11-20,28,30,38,46H,2-6,10,21-27H2,1H3,(H,47,50)(H,49,54,56). The lowest BCUT2D eigenvalue weighted by Gasteiger charge is -2.32. The minimum atomic E-state index is -3.29. The Morgan fingerprint density at radius 2 is 1.51 bits per heavy atom. The molecular formula is C45H48N8O7S. The number of rotatable bonds is 15. The van der Waals surface area contributed by atoms with Crippen molar-refractivity contribution in [3.05, 3.63) is 102 Å². The van der Waals surface area contributed by atoms with Gasteiger partial charge in [0.2, 0.25) is 23.7 Å². The van der Waals surface area contributed by atoms with Crippen molar-refractivity contribution in [1.29, 1.82) is 0 Å². The molecule has 2 fully saturated rings. The summed E-state index contributed by atoms with van der Waals surface area (Å²) in [6.07, 6.45) is 8.52. The molecule has 61 heavy (non-hydrogen) atoms. The normalized spacial score (nSPS) is 17.2. The number of piperidine rings is 2. The third kappa shape index (κ3) is 9.18. The monoisotopic (exact) mass is 844 g/mol. The van der Waals surface area contributed by atoms with Gasteiger partial charge in [-0.15, -0.1) is 5.10 Å². The maximum absolute atomic E-state index is 13.1. The molecule has 1 atom stereocenters. The van der Waals surface area contributed by atoms with E-state index in [1.54, 1.807) is 47.0 Å². The summed E-state index contributed by atoms with van der Waals surface area (Å²) < 4.78 is 25.5. The highest BCUT2D eigenvalue weighted by molar-refractivity contribution is 7.90. The average Bonchev–Trinajstić information content (AvgIpc) is 3.78. The maximum atomic E-state index is 13.1. The van der Waals surface area contributed by atoms with E-state index < -0.39 is 39.5 Å². The molecule has 1 unspecified atom stereocenters. The molecule has 3 aliphatic heterocycles. The highest BCUT2D eigenvalue weighted by atomic mass is 32.2.